The van der Waals surface area contributed by atoms with Crippen molar-refractivity contribution in [2.45, 2.75) is 31.6 Å². The number of ether oxygens (including phenoxy) is 2. The third kappa shape index (κ3) is 5.31. The maximum Gasteiger partial charge on any atom is 0.416 e. The van der Waals surface area contributed by atoms with Crippen LogP contribution in [0.25, 0.3) is 6.08 Å². The van der Waals surface area contributed by atoms with Crippen molar-refractivity contribution in [3.05, 3.63) is 65.2 Å². The number of hydrogen-bond donors (Lipinski definition) is 0. The van der Waals surface area contributed by atoms with Crippen LogP contribution in [0.15, 0.2) is 48.5 Å². The second kappa shape index (κ2) is 8.59. The number of halogens is 3. The molecule has 1 amide bonds. The van der Waals surface area contributed by atoms with E-state index in [-0.39, 0.29) is 18.5 Å². The Kier molecular flexibility index (Phi) is 6.15. The monoisotopic (exact) mass is 405 g/mol. The van der Waals surface area contributed by atoms with Crippen molar-refractivity contribution >= 4 is 12.0 Å². The van der Waals surface area contributed by atoms with E-state index >= 15 is 0 Å². The van der Waals surface area contributed by atoms with Crippen LogP contribution in [0.1, 0.15) is 29.5 Å². The maximum atomic E-state index is 12.7. The molecule has 0 radical (unpaired) electrons. The van der Waals surface area contributed by atoms with Gasteiger partial charge >= 0.3 is 6.18 Å². The maximum absolute atomic E-state index is 12.7. The van der Waals surface area contributed by atoms with E-state index in [1.807, 2.05) is 6.07 Å². The lowest BCUT2D eigenvalue weighted by Crippen LogP contribution is -2.31. The van der Waals surface area contributed by atoms with Crippen molar-refractivity contribution in [3.8, 4) is 11.5 Å². The zero-order valence-corrected chi connectivity index (χ0v) is 16.2. The molecule has 0 heterocycles. The summed E-state index contributed by atoms with van der Waals surface area (Å²) in [6, 6.07) is 10.4. The molecular weight excluding hydrogens is 383 g/mol. The Labute approximate surface area is 167 Å². The lowest BCUT2D eigenvalue weighted by molar-refractivity contribution is -0.137. The van der Waals surface area contributed by atoms with Crippen LogP contribution < -0.4 is 9.47 Å². The molecule has 1 aliphatic rings. The smallest absolute Gasteiger partial charge is 0.416 e. The average Bonchev–Trinajstić information content (AvgIpc) is 3.54. The summed E-state index contributed by atoms with van der Waals surface area (Å²) >= 11 is 0. The minimum Gasteiger partial charge on any atom is -0.493 e. The third-order valence-electron chi connectivity index (χ3n) is 4.73. The minimum atomic E-state index is -4.37. The largest absolute Gasteiger partial charge is 0.493 e. The fourth-order valence-corrected chi connectivity index (χ4v) is 2.99. The van der Waals surface area contributed by atoms with E-state index in [0.717, 1.165) is 30.5 Å². The van der Waals surface area contributed by atoms with Crippen LogP contribution in [0.4, 0.5) is 13.2 Å². The van der Waals surface area contributed by atoms with Crippen molar-refractivity contribution < 1.29 is 27.4 Å². The Hall–Kier alpha value is -2.96. The highest BCUT2D eigenvalue weighted by molar-refractivity contribution is 5.92. The van der Waals surface area contributed by atoms with Gasteiger partial charge < -0.3 is 14.4 Å². The summed E-state index contributed by atoms with van der Waals surface area (Å²) in [6.45, 7) is 0.276. The zero-order valence-electron chi connectivity index (χ0n) is 16.2. The fraction of sp³-hybridized carbons (Fsp3) is 0.318. The van der Waals surface area contributed by atoms with Crippen molar-refractivity contribution in [1.29, 1.82) is 0 Å². The van der Waals surface area contributed by atoms with Gasteiger partial charge in [0.2, 0.25) is 5.91 Å². The quantitative estimate of drug-likeness (QED) is 0.614. The predicted molar refractivity (Wildman–Crippen MR) is 104 cm³/mol. The Morgan fingerprint density at radius 2 is 1.72 bits per heavy atom. The van der Waals surface area contributed by atoms with Crippen molar-refractivity contribution in [3.63, 3.8) is 0 Å². The van der Waals surface area contributed by atoms with Gasteiger partial charge in [0.05, 0.1) is 19.8 Å². The van der Waals surface area contributed by atoms with Crippen LogP contribution in [0, 0.1) is 0 Å². The third-order valence-corrected chi connectivity index (χ3v) is 4.73. The highest BCUT2D eigenvalue weighted by Gasteiger charge is 2.32. The van der Waals surface area contributed by atoms with Gasteiger partial charge in [-0.1, -0.05) is 18.2 Å². The first-order chi connectivity index (χ1) is 13.8. The summed E-state index contributed by atoms with van der Waals surface area (Å²) < 4.78 is 48.6. The molecule has 0 bridgehead atoms. The van der Waals surface area contributed by atoms with E-state index in [2.05, 4.69) is 0 Å². The van der Waals surface area contributed by atoms with Gasteiger partial charge in [0.25, 0.3) is 0 Å². The normalized spacial score (nSPS) is 14.1. The van der Waals surface area contributed by atoms with Gasteiger partial charge in [-0.25, -0.2) is 0 Å². The van der Waals surface area contributed by atoms with Gasteiger partial charge in [-0.05, 0) is 54.3 Å². The van der Waals surface area contributed by atoms with Crippen molar-refractivity contribution in [1.82, 2.24) is 4.90 Å². The van der Waals surface area contributed by atoms with E-state index < -0.39 is 11.7 Å². The number of benzene rings is 2. The summed E-state index contributed by atoms with van der Waals surface area (Å²) in [7, 11) is 3.08. The Morgan fingerprint density at radius 1 is 1.07 bits per heavy atom. The first-order valence-corrected chi connectivity index (χ1v) is 9.18. The zero-order chi connectivity index (χ0) is 21.0. The Balaban J connectivity index is 1.71. The molecular formula is C22H22F3NO3. The van der Waals surface area contributed by atoms with Crippen LogP contribution in [0.3, 0.4) is 0 Å². The highest BCUT2D eigenvalue weighted by Crippen LogP contribution is 2.32. The lowest BCUT2D eigenvalue weighted by atomic mass is 10.1. The summed E-state index contributed by atoms with van der Waals surface area (Å²) in [6.07, 6.45) is 0.593. The molecule has 0 saturated heterocycles. The van der Waals surface area contributed by atoms with E-state index in [1.54, 1.807) is 30.2 Å². The highest BCUT2D eigenvalue weighted by atomic mass is 19.4. The number of hydrogen-bond acceptors (Lipinski definition) is 3. The Morgan fingerprint density at radius 3 is 2.28 bits per heavy atom. The molecule has 0 atom stereocenters. The molecule has 7 heteroatoms. The van der Waals surface area contributed by atoms with Crippen molar-refractivity contribution in [2.75, 3.05) is 14.2 Å². The first kappa shape index (κ1) is 20.8. The van der Waals surface area contributed by atoms with E-state index in [4.69, 9.17) is 9.47 Å². The number of rotatable bonds is 7. The molecule has 1 aliphatic carbocycles. The van der Waals surface area contributed by atoms with E-state index in [1.165, 1.54) is 25.3 Å². The molecule has 2 aromatic carbocycles. The van der Waals surface area contributed by atoms with Crippen LogP contribution in [-0.2, 0) is 17.5 Å². The second-order valence-corrected chi connectivity index (χ2v) is 6.84. The van der Waals surface area contributed by atoms with Crippen LogP contribution >= 0.6 is 0 Å². The number of alkyl halides is 3. The molecule has 1 saturated carbocycles. The molecule has 0 aromatic heterocycles. The Bertz CT molecular complexity index is 887. The first-order valence-electron chi connectivity index (χ1n) is 9.18. The van der Waals surface area contributed by atoms with Gasteiger partial charge in [0, 0.05) is 18.7 Å². The van der Waals surface area contributed by atoms with Gasteiger partial charge in [-0.3, -0.25) is 4.79 Å². The topological polar surface area (TPSA) is 38.8 Å². The molecule has 154 valence electrons. The molecule has 0 unspecified atom stereocenters. The summed E-state index contributed by atoms with van der Waals surface area (Å²) in [4.78, 5) is 14.4. The van der Waals surface area contributed by atoms with E-state index in [9.17, 15) is 18.0 Å². The summed E-state index contributed by atoms with van der Waals surface area (Å²) in [5, 5.41) is 0. The van der Waals surface area contributed by atoms with Crippen LogP contribution in [0.5, 0.6) is 11.5 Å². The number of nitrogens with zero attached hydrogens (tertiary/aromatic N) is 1. The number of carbonyl (C=O) groups is 1. The molecule has 3 rings (SSSR count). The van der Waals surface area contributed by atoms with Crippen LogP contribution in [-0.4, -0.2) is 31.1 Å². The average molecular weight is 405 g/mol. The molecule has 0 spiro atoms. The predicted octanol–water partition coefficient (Wildman–Crippen LogP) is 4.93. The summed E-state index contributed by atoms with van der Waals surface area (Å²) in [5.41, 5.74) is 0.748. The van der Waals surface area contributed by atoms with Crippen molar-refractivity contribution in [2.24, 2.45) is 0 Å². The fourth-order valence-electron chi connectivity index (χ4n) is 2.99. The number of amides is 1. The van der Waals surface area contributed by atoms with Gasteiger partial charge in [0.1, 0.15) is 0 Å². The van der Waals surface area contributed by atoms with Crippen LogP contribution in [0.2, 0.25) is 0 Å². The molecule has 29 heavy (non-hydrogen) atoms. The van der Waals surface area contributed by atoms with Gasteiger partial charge in [-0.15, -0.1) is 0 Å². The van der Waals surface area contributed by atoms with Gasteiger partial charge in [-0.2, -0.15) is 13.2 Å². The number of carbonyl (C=O) groups excluding carboxylic acids is 1. The van der Waals surface area contributed by atoms with Gasteiger partial charge in [0.15, 0.2) is 11.5 Å². The molecule has 1 fully saturated rings. The number of methoxy groups -OCH3 is 2. The molecule has 4 nitrogen and oxygen atoms in total. The molecule has 2 aromatic rings. The standard InChI is InChI=1S/C22H22F3NO3/c1-28-19-11-5-15(13-20(19)29-2)6-12-21(27)26(18-9-10-18)14-16-3-7-17(8-4-16)22(23,24)25/h3-8,11-13,18H,9-10,14H2,1-2H3. The second-order valence-electron chi connectivity index (χ2n) is 6.84. The molecule has 0 aliphatic heterocycles. The SMILES string of the molecule is COc1ccc(C=CC(=O)N(Cc2ccc(C(F)(F)F)cc2)C2CC2)cc1OC. The van der Waals surface area contributed by atoms with E-state index in [0.29, 0.717) is 17.1 Å². The molecule has 0 N–H and O–H groups in total. The minimum absolute atomic E-state index is 0.125. The lowest BCUT2D eigenvalue weighted by Gasteiger charge is -2.21. The summed E-state index contributed by atoms with van der Waals surface area (Å²) in [5.74, 6) is 0.978.